The quantitative estimate of drug-likeness (QED) is 0.647. The van der Waals surface area contributed by atoms with E-state index in [1.165, 1.54) is 27.3 Å². The van der Waals surface area contributed by atoms with Crippen molar-refractivity contribution in [2.45, 2.75) is 25.7 Å². The Hall–Kier alpha value is -1.46. The Morgan fingerprint density at radius 3 is 2.46 bits per heavy atom. The third kappa shape index (κ3) is 4.44. The molecule has 1 saturated heterocycles. The van der Waals surface area contributed by atoms with Crippen LogP contribution in [0.15, 0.2) is 45.8 Å². The molecular formula is C21H25BrN2OS. The number of aryl methyl sites for hydroxylation is 2. The summed E-state index contributed by atoms with van der Waals surface area (Å²) in [7, 11) is 0. The minimum absolute atomic E-state index is 0.234. The van der Waals surface area contributed by atoms with Crippen molar-refractivity contribution in [2.24, 2.45) is 0 Å². The Bertz CT molecular complexity index is 801. The lowest BCUT2D eigenvalue weighted by Crippen LogP contribution is -2.49. The van der Waals surface area contributed by atoms with Crippen molar-refractivity contribution in [2.75, 3.05) is 36.8 Å². The first-order valence-corrected chi connectivity index (χ1v) is 10.7. The van der Waals surface area contributed by atoms with Crippen molar-refractivity contribution in [1.29, 1.82) is 0 Å². The number of rotatable bonds is 4. The highest BCUT2D eigenvalue weighted by Gasteiger charge is 2.22. The van der Waals surface area contributed by atoms with E-state index < -0.39 is 0 Å². The van der Waals surface area contributed by atoms with Crippen molar-refractivity contribution in [1.82, 2.24) is 4.90 Å². The predicted octanol–water partition coefficient (Wildman–Crippen LogP) is 4.82. The van der Waals surface area contributed by atoms with E-state index in [9.17, 15) is 4.79 Å². The summed E-state index contributed by atoms with van der Waals surface area (Å²) in [5.74, 6) is 0.740. The summed E-state index contributed by atoms with van der Waals surface area (Å²) < 4.78 is 1.08. The summed E-state index contributed by atoms with van der Waals surface area (Å²) in [5.41, 5.74) is 5.17. The van der Waals surface area contributed by atoms with Gasteiger partial charge in [-0.05, 0) is 61.7 Å². The fourth-order valence-electron chi connectivity index (χ4n) is 3.28. The third-order valence-electron chi connectivity index (χ3n) is 5.04. The number of carbonyl (C=O) groups excluding carboxylic acids is 1. The van der Waals surface area contributed by atoms with Gasteiger partial charge in [0, 0.05) is 41.2 Å². The monoisotopic (exact) mass is 432 g/mol. The molecule has 1 heterocycles. The lowest BCUT2D eigenvalue weighted by molar-refractivity contribution is -0.128. The Morgan fingerprint density at radius 1 is 1.04 bits per heavy atom. The minimum Gasteiger partial charge on any atom is -0.368 e. The smallest absolute Gasteiger partial charge is 0.233 e. The number of benzene rings is 2. The number of halogens is 1. The van der Waals surface area contributed by atoms with Gasteiger partial charge in [0.05, 0.1) is 5.75 Å². The van der Waals surface area contributed by atoms with Gasteiger partial charge in [-0.15, -0.1) is 11.8 Å². The van der Waals surface area contributed by atoms with E-state index in [4.69, 9.17) is 0 Å². The van der Waals surface area contributed by atoms with Crippen LogP contribution in [0.1, 0.15) is 16.7 Å². The number of piperazine rings is 1. The molecule has 0 spiro atoms. The molecule has 5 heteroatoms. The topological polar surface area (TPSA) is 23.6 Å². The maximum absolute atomic E-state index is 12.6. The summed E-state index contributed by atoms with van der Waals surface area (Å²) in [4.78, 5) is 18.2. The first kappa shape index (κ1) is 19.3. The van der Waals surface area contributed by atoms with Crippen LogP contribution >= 0.6 is 27.7 Å². The Kier molecular flexibility index (Phi) is 6.30. The number of amides is 1. The molecular weight excluding hydrogens is 408 g/mol. The van der Waals surface area contributed by atoms with Crippen molar-refractivity contribution in [3.05, 3.63) is 57.6 Å². The van der Waals surface area contributed by atoms with Crippen molar-refractivity contribution < 1.29 is 4.79 Å². The van der Waals surface area contributed by atoms with Crippen LogP contribution in [0.5, 0.6) is 0 Å². The van der Waals surface area contributed by atoms with Crippen LogP contribution in [-0.2, 0) is 4.79 Å². The van der Waals surface area contributed by atoms with Crippen molar-refractivity contribution in [3.63, 3.8) is 0 Å². The van der Waals surface area contributed by atoms with E-state index in [1.807, 2.05) is 11.0 Å². The molecule has 0 unspecified atom stereocenters. The number of nitrogens with zero attached hydrogens (tertiary/aromatic N) is 2. The number of anilines is 1. The SMILES string of the molecule is Cc1cc(Br)ccc1SCC(=O)N1CCN(c2cccc(C)c2C)CC1. The molecule has 0 bridgehead atoms. The van der Waals surface area contributed by atoms with Crippen LogP contribution in [0, 0.1) is 20.8 Å². The van der Waals surface area contributed by atoms with Crippen LogP contribution in [0.25, 0.3) is 0 Å². The molecule has 1 aliphatic rings. The Balaban J connectivity index is 1.54. The molecule has 1 amide bonds. The van der Waals surface area contributed by atoms with Gasteiger partial charge in [0.1, 0.15) is 0 Å². The van der Waals surface area contributed by atoms with Crippen molar-refractivity contribution >= 4 is 39.3 Å². The molecule has 3 nitrogen and oxygen atoms in total. The number of thioether (sulfide) groups is 1. The summed E-state index contributed by atoms with van der Waals surface area (Å²) in [6.45, 7) is 9.81. The molecule has 0 radical (unpaired) electrons. The molecule has 1 aliphatic heterocycles. The van der Waals surface area contributed by atoms with E-state index >= 15 is 0 Å². The second kappa shape index (κ2) is 8.49. The largest absolute Gasteiger partial charge is 0.368 e. The van der Waals surface area contributed by atoms with Crippen LogP contribution in [-0.4, -0.2) is 42.7 Å². The van der Waals surface area contributed by atoms with E-state index in [2.05, 4.69) is 71.9 Å². The van der Waals surface area contributed by atoms with Crippen LogP contribution in [0.2, 0.25) is 0 Å². The Morgan fingerprint density at radius 2 is 1.77 bits per heavy atom. The van der Waals surface area contributed by atoms with E-state index in [0.717, 1.165) is 30.7 Å². The third-order valence-corrected chi connectivity index (χ3v) is 6.69. The van der Waals surface area contributed by atoms with Crippen molar-refractivity contribution in [3.8, 4) is 0 Å². The van der Waals surface area contributed by atoms with Gasteiger partial charge in [-0.3, -0.25) is 4.79 Å². The number of carbonyl (C=O) groups is 1. The second-order valence-corrected chi connectivity index (χ2v) is 8.72. The van der Waals surface area contributed by atoms with Gasteiger partial charge in [-0.1, -0.05) is 28.1 Å². The molecule has 0 atom stereocenters. The zero-order chi connectivity index (χ0) is 18.7. The molecule has 0 saturated carbocycles. The fraction of sp³-hybridized carbons (Fsp3) is 0.381. The zero-order valence-electron chi connectivity index (χ0n) is 15.6. The Labute approximate surface area is 168 Å². The molecule has 1 fully saturated rings. The first-order valence-electron chi connectivity index (χ1n) is 8.93. The predicted molar refractivity (Wildman–Crippen MR) is 114 cm³/mol. The van der Waals surface area contributed by atoms with Gasteiger partial charge >= 0.3 is 0 Å². The molecule has 3 rings (SSSR count). The van der Waals surface area contributed by atoms with Crippen LogP contribution < -0.4 is 4.90 Å². The molecule has 2 aromatic rings. The number of hydrogen-bond acceptors (Lipinski definition) is 3. The standard InChI is InChI=1S/C21H25BrN2OS/c1-15-5-4-6-19(17(15)3)23-9-11-24(12-10-23)21(25)14-26-20-8-7-18(22)13-16(20)2/h4-8,13H,9-12,14H2,1-3H3. The summed E-state index contributed by atoms with van der Waals surface area (Å²) in [6, 6.07) is 12.7. The van der Waals surface area contributed by atoms with Gasteiger partial charge in [0.25, 0.3) is 0 Å². The summed E-state index contributed by atoms with van der Waals surface area (Å²) >= 11 is 5.12. The highest BCUT2D eigenvalue weighted by molar-refractivity contribution is 9.10. The van der Waals surface area contributed by atoms with Crippen LogP contribution in [0.3, 0.4) is 0 Å². The van der Waals surface area contributed by atoms with Gasteiger partial charge in [-0.2, -0.15) is 0 Å². The van der Waals surface area contributed by atoms with E-state index in [1.54, 1.807) is 11.8 Å². The maximum atomic E-state index is 12.6. The fourth-order valence-corrected chi connectivity index (χ4v) is 4.67. The molecule has 0 N–H and O–H groups in total. The molecule has 0 aromatic heterocycles. The van der Waals surface area contributed by atoms with E-state index in [0.29, 0.717) is 5.75 Å². The lowest BCUT2D eigenvalue weighted by atomic mass is 10.1. The summed E-state index contributed by atoms with van der Waals surface area (Å²) in [6.07, 6.45) is 0. The highest BCUT2D eigenvalue weighted by atomic mass is 79.9. The average Bonchev–Trinajstić information content (AvgIpc) is 2.63. The van der Waals surface area contributed by atoms with Gasteiger partial charge in [-0.25, -0.2) is 0 Å². The van der Waals surface area contributed by atoms with Gasteiger partial charge in [0.15, 0.2) is 0 Å². The number of hydrogen-bond donors (Lipinski definition) is 0. The summed E-state index contributed by atoms with van der Waals surface area (Å²) in [5, 5.41) is 0. The van der Waals surface area contributed by atoms with E-state index in [-0.39, 0.29) is 5.91 Å². The first-order chi connectivity index (χ1) is 12.5. The minimum atomic E-state index is 0.234. The molecule has 0 aliphatic carbocycles. The zero-order valence-corrected chi connectivity index (χ0v) is 18.0. The normalized spacial score (nSPS) is 14.6. The molecule has 2 aromatic carbocycles. The maximum Gasteiger partial charge on any atom is 0.233 e. The molecule has 138 valence electrons. The van der Waals surface area contributed by atoms with Crippen LogP contribution in [0.4, 0.5) is 5.69 Å². The second-order valence-electron chi connectivity index (χ2n) is 6.79. The highest BCUT2D eigenvalue weighted by Crippen LogP contribution is 2.27. The molecule has 26 heavy (non-hydrogen) atoms. The van der Waals surface area contributed by atoms with Gasteiger partial charge < -0.3 is 9.80 Å². The average molecular weight is 433 g/mol. The van der Waals surface area contributed by atoms with Gasteiger partial charge in [0.2, 0.25) is 5.91 Å². The lowest BCUT2D eigenvalue weighted by Gasteiger charge is -2.37.